The molecule has 0 atom stereocenters. The van der Waals surface area contributed by atoms with Crippen LogP contribution in [0.15, 0.2) is 19.8 Å². The number of rotatable bonds is 14. The predicted octanol–water partition coefficient (Wildman–Crippen LogP) is 4.29. The molecule has 0 spiro atoms. The average molecular weight is 475 g/mol. The van der Waals surface area contributed by atoms with E-state index in [-0.39, 0.29) is 0 Å². The van der Waals surface area contributed by atoms with Crippen molar-refractivity contribution in [3.05, 3.63) is 19.8 Å². The number of nitrogens with one attached hydrogen (secondary N) is 3. The summed E-state index contributed by atoms with van der Waals surface area (Å²) in [4.78, 5) is 0. The zero-order chi connectivity index (χ0) is 17.8. The topological polar surface area (TPSA) is 36.1 Å². The van der Waals surface area contributed by atoms with E-state index in [2.05, 4.69) is 54.2 Å². The molecule has 0 aromatic heterocycles. The number of hydrogen-bond donors (Lipinski definition) is 3. The average Bonchev–Trinajstić information content (AvgIpc) is 3.05. The van der Waals surface area contributed by atoms with Gasteiger partial charge in [-0.1, -0.05) is 0 Å². The van der Waals surface area contributed by atoms with E-state index < -0.39 is 35.5 Å². The van der Waals surface area contributed by atoms with E-state index in [1.54, 1.807) is 7.69 Å². The van der Waals surface area contributed by atoms with Gasteiger partial charge in [0.05, 0.1) is 0 Å². The Morgan fingerprint density at radius 2 is 1.33 bits per heavy atom. The van der Waals surface area contributed by atoms with E-state index in [0.29, 0.717) is 0 Å². The Hall–Kier alpha value is 0.786. The number of allylic oxidation sites excluding steroid dienone is 4. The molecule has 0 heterocycles. The van der Waals surface area contributed by atoms with Gasteiger partial charge < -0.3 is 0 Å². The van der Waals surface area contributed by atoms with E-state index in [4.69, 9.17) is 0 Å². The first-order valence-corrected chi connectivity index (χ1v) is 21.2. The maximum absolute atomic E-state index is 4.10. The standard InChI is InChI=1S/C7H11Ge.3C4H10N.Zr/c1-8(2)7-5-3-4-6-7;3*1-2-3-4-5;/h3,5,8H,4H2,1-2H3;3*5H,2-4H2,1H3;/q;3*-1;+3. The molecule has 3 N–H and O–H groups in total. The number of hydrogen-bond acceptors (Lipinski definition) is 3. The molecule has 1 aliphatic rings. The van der Waals surface area contributed by atoms with Crippen LogP contribution in [0.1, 0.15) is 65.7 Å². The molecule has 0 amide bonds. The Morgan fingerprint density at radius 1 is 0.875 bits per heavy atom. The maximum atomic E-state index is 4.10. The van der Waals surface area contributed by atoms with Crippen LogP contribution in [0.4, 0.5) is 0 Å². The summed E-state index contributed by atoms with van der Waals surface area (Å²) in [7, 11) is 0. The van der Waals surface area contributed by atoms with Crippen LogP contribution in [-0.4, -0.2) is 34.0 Å². The molecule has 3 nitrogen and oxygen atoms in total. The fraction of sp³-hybridized carbons (Fsp3) is 0.789. The summed E-state index contributed by atoms with van der Waals surface area (Å²) >= 11 is -4.17. The third-order valence-electron chi connectivity index (χ3n) is 4.80. The van der Waals surface area contributed by atoms with Gasteiger partial charge in [0.25, 0.3) is 0 Å². The van der Waals surface area contributed by atoms with Gasteiger partial charge in [-0.25, -0.2) is 0 Å². The van der Waals surface area contributed by atoms with E-state index in [1.807, 2.05) is 0 Å². The van der Waals surface area contributed by atoms with Crippen molar-refractivity contribution in [1.82, 2.24) is 9.78 Å². The molecule has 0 saturated heterocycles. The van der Waals surface area contributed by atoms with E-state index in [1.165, 1.54) is 44.9 Å². The molecule has 0 unspecified atom stereocenters. The van der Waals surface area contributed by atoms with Gasteiger partial charge in [0.15, 0.2) is 0 Å². The summed E-state index contributed by atoms with van der Waals surface area (Å²) in [5.74, 6) is 5.05. The zero-order valence-electron chi connectivity index (χ0n) is 16.8. The Labute approximate surface area is 161 Å². The molecule has 0 bridgehead atoms. The van der Waals surface area contributed by atoms with Crippen LogP contribution in [0.3, 0.4) is 0 Å². The molecule has 140 valence electrons. The SMILES string of the molecule is CCCC[NH][Zr]([NH]CCCC)([NH]CCCC)[C]1=[C]([GeH]([CH3])[CH3])C=CC1. The molecule has 1 rings (SSSR count). The second kappa shape index (κ2) is 13.0. The Morgan fingerprint density at radius 3 is 1.71 bits per heavy atom. The molecule has 24 heavy (non-hydrogen) atoms. The first-order chi connectivity index (χ1) is 11.6. The molecule has 0 fully saturated rings. The van der Waals surface area contributed by atoms with Crippen LogP contribution in [0.2, 0.25) is 11.5 Å². The third kappa shape index (κ3) is 7.19. The minimum absolute atomic E-state index is 1.16. The van der Waals surface area contributed by atoms with E-state index in [9.17, 15) is 0 Å². The molecule has 5 heteroatoms. The van der Waals surface area contributed by atoms with Gasteiger partial charge >= 0.3 is 162 Å². The van der Waals surface area contributed by atoms with Crippen molar-refractivity contribution in [1.29, 1.82) is 0 Å². The first-order valence-electron chi connectivity index (χ1n) is 10.3. The molecule has 1 aliphatic carbocycles. The van der Waals surface area contributed by atoms with Gasteiger partial charge in [-0.05, 0) is 0 Å². The fourth-order valence-electron chi connectivity index (χ4n) is 3.30. The number of unbranched alkanes of at least 4 members (excludes halogenated alkanes) is 3. The van der Waals surface area contributed by atoms with Crippen molar-refractivity contribution in [3.63, 3.8) is 0 Å². The van der Waals surface area contributed by atoms with Gasteiger partial charge in [-0.3, -0.25) is 0 Å². The van der Waals surface area contributed by atoms with Gasteiger partial charge in [-0.15, -0.1) is 0 Å². The summed E-state index contributed by atoms with van der Waals surface area (Å²) in [6.45, 7) is 10.4. The van der Waals surface area contributed by atoms with Gasteiger partial charge in [0.1, 0.15) is 0 Å². The third-order valence-corrected chi connectivity index (χ3v) is 19.2. The van der Waals surface area contributed by atoms with Gasteiger partial charge in [0, 0.05) is 0 Å². The monoisotopic (exact) mass is 475 g/mol. The second-order valence-corrected chi connectivity index (χ2v) is 21.2. The van der Waals surface area contributed by atoms with Crippen molar-refractivity contribution in [3.8, 4) is 0 Å². The van der Waals surface area contributed by atoms with Gasteiger partial charge in [0.2, 0.25) is 0 Å². The van der Waals surface area contributed by atoms with Crippen LogP contribution in [0.25, 0.3) is 0 Å². The second-order valence-electron chi connectivity index (χ2n) is 7.29. The quantitative estimate of drug-likeness (QED) is 0.259. The van der Waals surface area contributed by atoms with Crippen molar-refractivity contribution >= 4 is 14.3 Å². The summed E-state index contributed by atoms with van der Waals surface area (Å²) in [5.41, 5.74) is 0. The van der Waals surface area contributed by atoms with Crippen molar-refractivity contribution < 1.29 is 21.1 Å². The molecule has 0 aromatic rings. The van der Waals surface area contributed by atoms with Crippen LogP contribution in [-0.2, 0) is 21.1 Å². The van der Waals surface area contributed by atoms with Crippen LogP contribution in [0.5, 0.6) is 0 Å². The van der Waals surface area contributed by atoms with Crippen LogP contribution >= 0.6 is 0 Å². The first kappa shape index (κ1) is 22.8. The predicted molar refractivity (Wildman–Crippen MR) is 108 cm³/mol. The molecular formula is C19H41GeN3Zr. The van der Waals surface area contributed by atoms with E-state index >= 15 is 0 Å². The molecular weight excluding hydrogens is 434 g/mol. The summed E-state index contributed by atoms with van der Waals surface area (Å²) in [5, 5.41) is 0. The zero-order valence-corrected chi connectivity index (χ0v) is 21.7. The molecule has 0 aliphatic heterocycles. The summed E-state index contributed by atoms with van der Waals surface area (Å²) < 4.78 is 15.9. The fourth-order valence-corrected chi connectivity index (χ4v) is 21.4. The van der Waals surface area contributed by atoms with Crippen molar-refractivity contribution in [2.75, 3.05) is 19.6 Å². The van der Waals surface area contributed by atoms with E-state index in [0.717, 1.165) is 19.6 Å². The minimum atomic E-state index is -2.90. The summed E-state index contributed by atoms with van der Waals surface area (Å²) in [6.07, 6.45) is 13.7. The normalized spacial score (nSPS) is 15.1. The molecule has 0 saturated carbocycles. The Kier molecular flexibility index (Phi) is 12.4. The van der Waals surface area contributed by atoms with Crippen molar-refractivity contribution in [2.24, 2.45) is 0 Å². The molecule has 0 radical (unpaired) electrons. The Bertz CT molecular complexity index is 381. The Balaban J connectivity index is 3.04. The van der Waals surface area contributed by atoms with Crippen LogP contribution < -0.4 is 9.78 Å². The molecule has 0 aromatic carbocycles. The van der Waals surface area contributed by atoms with Crippen LogP contribution in [0, 0.1) is 0 Å². The van der Waals surface area contributed by atoms with Gasteiger partial charge in [-0.2, -0.15) is 0 Å². The van der Waals surface area contributed by atoms with Crippen molar-refractivity contribution in [2.45, 2.75) is 77.2 Å². The summed E-state index contributed by atoms with van der Waals surface area (Å²) in [6, 6.07) is 0.